The van der Waals surface area contributed by atoms with Crippen LogP contribution in [-0.4, -0.2) is 14.7 Å². The second kappa shape index (κ2) is 5.62. The predicted molar refractivity (Wildman–Crippen MR) is 78.2 cm³/mol. The molecule has 0 fully saturated rings. The first-order valence-electron chi connectivity index (χ1n) is 6.09. The largest absolute Gasteiger partial charge is 0.434 e. The molecule has 1 aromatic carbocycles. The molecular formula is C13H14BrN3O3. The normalized spacial score (nSPS) is 10.6. The first-order chi connectivity index (χ1) is 9.43. The van der Waals surface area contributed by atoms with Gasteiger partial charge in [-0.25, -0.2) is 4.68 Å². The van der Waals surface area contributed by atoms with Gasteiger partial charge in [0.05, 0.1) is 4.92 Å². The van der Waals surface area contributed by atoms with Gasteiger partial charge >= 0.3 is 5.69 Å². The van der Waals surface area contributed by atoms with Crippen LogP contribution in [-0.2, 0) is 6.54 Å². The molecule has 0 saturated carbocycles. The number of aryl methyl sites for hydroxylation is 3. The summed E-state index contributed by atoms with van der Waals surface area (Å²) in [6.45, 7) is 5.84. The summed E-state index contributed by atoms with van der Waals surface area (Å²) in [6, 6.07) is 5.55. The molecule has 0 aliphatic heterocycles. The molecule has 0 unspecified atom stereocenters. The lowest BCUT2D eigenvalue weighted by Gasteiger charge is -2.09. The van der Waals surface area contributed by atoms with Gasteiger partial charge < -0.3 is 4.74 Å². The van der Waals surface area contributed by atoms with Crippen molar-refractivity contribution in [2.24, 2.45) is 0 Å². The Balaban J connectivity index is 2.52. The molecule has 0 saturated heterocycles. The van der Waals surface area contributed by atoms with E-state index in [1.54, 1.807) is 13.0 Å². The summed E-state index contributed by atoms with van der Waals surface area (Å²) in [5.74, 6) is 0.730. The smallest absolute Gasteiger partial charge is 0.353 e. The summed E-state index contributed by atoms with van der Waals surface area (Å²) < 4.78 is 8.10. The van der Waals surface area contributed by atoms with Gasteiger partial charge in [0.2, 0.25) is 0 Å². The first kappa shape index (κ1) is 14.5. The van der Waals surface area contributed by atoms with Gasteiger partial charge in [-0.05, 0) is 38.5 Å². The molecule has 0 spiro atoms. The number of halogens is 1. The highest BCUT2D eigenvalue weighted by molar-refractivity contribution is 9.10. The number of hydrogen-bond donors (Lipinski definition) is 0. The Kier molecular flexibility index (Phi) is 4.08. The van der Waals surface area contributed by atoms with Crippen molar-refractivity contribution >= 4 is 21.6 Å². The fourth-order valence-corrected chi connectivity index (χ4v) is 2.20. The molecule has 0 amide bonds. The molecule has 2 aromatic rings. The Hall–Kier alpha value is -1.89. The van der Waals surface area contributed by atoms with Crippen molar-refractivity contribution in [3.05, 3.63) is 44.0 Å². The summed E-state index contributed by atoms with van der Waals surface area (Å²) in [7, 11) is 0. The van der Waals surface area contributed by atoms with E-state index in [-0.39, 0.29) is 11.6 Å². The second-order valence-corrected chi connectivity index (χ2v) is 5.24. The summed E-state index contributed by atoms with van der Waals surface area (Å²) in [5, 5.41) is 15.3. The molecule has 6 nitrogen and oxygen atoms in total. The number of hydrogen-bond acceptors (Lipinski definition) is 4. The van der Waals surface area contributed by atoms with Crippen LogP contribution in [0.2, 0.25) is 0 Å². The molecule has 1 aromatic heterocycles. The number of aromatic nitrogens is 2. The van der Waals surface area contributed by atoms with Crippen LogP contribution in [0.15, 0.2) is 22.7 Å². The van der Waals surface area contributed by atoms with Gasteiger partial charge in [0.25, 0.3) is 5.88 Å². The average Bonchev–Trinajstić information content (AvgIpc) is 2.70. The van der Waals surface area contributed by atoms with Crippen LogP contribution in [0.25, 0.3) is 0 Å². The second-order valence-electron chi connectivity index (χ2n) is 4.32. The Bertz CT molecular complexity index is 667. The van der Waals surface area contributed by atoms with Crippen molar-refractivity contribution in [3.8, 4) is 11.6 Å². The summed E-state index contributed by atoms with van der Waals surface area (Å²) in [4.78, 5) is 10.7. The number of nitrogens with zero attached hydrogens (tertiary/aromatic N) is 3. The van der Waals surface area contributed by atoms with Crippen LogP contribution in [0.1, 0.15) is 18.2 Å². The van der Waals surface area contributed by atoms with E-state index in [1.807, 2.05) is 26.0 Å². The fraction of sp³-hybridized carbons (Fsp3) is 0.308. The maximum Gasteiger partial charge on any atom is 0.353 e. The molecular weight excluding hydrogens is 326 g/mol. The van der Waals surface area contributed by atoms with E-state index in [2.05, 4.69) is 21.0 Å². The van der Waals surface area contributed by atoms with Gasteiger partial charge in [0.1, 0.15) is 11.4 Å². The lowest BCUT2D eigenvalue weighted by atomic mass is 10.2. The molecule has 2 rings (SSSR count). The zero-order valence-electron chi connectivity index (χ0n) is 11.4. The topological polar surface area (TPSA) is 70.2 Å². The van der Waals surface area contributed by atoms with E-state index in [0.29, 0.717) is 18.0 Å². The monoisotopic (exact) mass is 339 g/mol. The molecule has 0 atom stereocenters. The third-order valence-electron chi connectivity index (χ3n) is 2.89. The minimum absolute atomic E-state index is 0.0915. The van der Waals surface area contributed by atoms with Crippen molar-refractivity contribution in [1.29, 1.82) is 0 Å². The van der Waals surface area contributed by atoms with E-state index < -0.39 is 4.92 Å². The lowest BCUT2D eigenvalue weighted by Crippen LogP contribution is -2.01. The molecule has 7 heteroatoms. The van der Waals surface area contributed by atoms with Crippen LogP contribution in [0, 0.1) is 24.0 Å². The van der Waals surface area contributed by atoms with Gasteiger partial charge in [-0.15, -0.1) is 0 Å². The quantitative estimate of drug-likeness (QED) is 0.623. The summed E-state index contributed by atoms with van der Waals surface area (Å²) >= 11 is 3.36. The van der Waals surface area contributed by atoms with E-state index in [4.69, 9.17) is 4.74 Å². The molecule has 0 bridgehead atoms. The summed E-state index contributed by atoms with van der Waals surface area (Å²) in [5.41, 5.74) is 1.15. The standard InChI is InChI=1S/C13H14BrN3O3/c1-4-16-13(12(17(18)19)9(3)15-16)20-11-7-10(14)6-5-8(11)2/h5-7H,4H2,1-3H3. The number of nitro groups is 1. The minimum atomic E-state index is -0.461. The van der Waals surface area contributed by atoms with Crippen LogP contribution in [0.5, 0.6) is 11.6 Å². The highest BCUT2D eigenvalue weighted by atomic mass is 79.9. The molecule has 0 radical (unpaired) electrons. The Morgan fingerprint density at radius 1 is 1.45 bits per heavy atom. The molecule has 0 aliphatic rings. The highest BCUT2D eigenvalue weighted by Crippen LogP contribution is 2.36. The third-order valence-corrected chi connectivity index (χ3v) is 3.38. The maximum atomic E-state index is 11.2. The molecule has 0 N–H and O–H groups in total. The van der Waals surface area contributed by atoms with Crippen molar-refractivity contribution < 1.29 is 9.66 Å². The van der Waals surface area contributed by atoms with Crippen LogP contribution >= 0.6 is 15.9 Å². The highest BCUT2D eigenvalue weighted by Gasteiger charge is 2.27. The van der Waals surface area contributed by atoms with Crippen molar-refractivity contribution in [3.63, 3.8) is 0 Å². The maximum absolute atomic E-state index is 11.2. The van der Waals surface area contributed by atoms with Crippen molar-refractivity contribution in [2.45, 2.75) is 27.3 Å². The van der Waals surface area contributed by atoms with E-state index in [0.717, 1.165) is 10.0 Å². The number of benzene rings is 1. The average molecular weight is 340 g/mol. The van der Waals surface area contributed by atoms with Crippen molar-refractivity contribution in [1.82, 2.24) is 9.78 Å². The van der Waals surface area contributed by atoms with Gasteiger partial charge in [-0.1, -0.05) is 22.0 Å². The van der Waals surface area contributed by atoms with Gasteiger partial charge in [-0.3, -0.25) is 10.1 Å². The molecule has 1 heterocycles. The SMILES string of the molecule is CCn1nc(C)c([N+](=O)[O-])c1Oc1cc(Br)ccc1C. The Morgan fingerprint density at radius 3 is 2.75 bits per heavy atom. The van der Waals surface area contributed by atoms with Crippen LogP contribution < -0.4 is 4.74 Å². The van der Waals surface area contributed by atoms with Gasteiger partial charge in [0, 0.05) is 11.0 Å². The Morgan fingerprint density at radius 2 is 2.15 bits per heavy atom. The lowest BCUT2D eigenvalue weighted by molar-refractivity contribution is -0.386. The zero-order valence-corrected chi connectivity index (χ0v) is 13.0. The zero-order chi connectivity index (χ0) is 14.9. The number of rotatable bonds is 4. The first-order valence-corrected chi connectivity index (χ1v) is 6.89. The minimum Gasteiger partial charge on any atom is -0.434 e. The molecule has 106 valence electrons. The van der Waals surface area contributed by atoms with Gasteiger partial charge in [0.15, 0.2) is 0 Å². The van der Waals surface area contributed by atoms with E-state index in [9.17, 15) is 10.1 Å². The van der Waals surface area contributed by atoms with Crippen LogP contribution in [0.4, 0.5) is 5.69 Å². The third kappa shape index (κ3) is 2.67. The molecule has 0 aliphatic carbocycles. The van der Waals surface area contributed by atoms with E-state index >= 15 is 0 Å². The fourth-order valence-electron chi connectivity index (χ4n) is 1.86. The van der Waals surface area contributed by atoms with Crippen LogP contribution in [0.3, 0.4) is 0 Å². The molecule has 20 heavy (non-hydrogen) atoms. The predicted octanol–water partition coefficient (Wildman–Crippen LogP) is 3.98. The number of ether oxygens (including phenoxy) is 1. The Labute approximate surface area is 124 Å². The van der Waals surface area contributed by atoms with E-state index in [1.165, 1.54) is 4.68 Å². The van der Waals surface area contributed by atoms with Crippen molar-refractivity contribution in [2.75, 3.05) is 0 Å². The summed E-state index contributed by atoms with van der Waals surface area (Å²) in [6.07, 6.45) is 0. The van der Waals surface area contributed by atoms with Gasteiger partial charge in [-0.2, -0.15) is 5.10 Å².